The zero-order valence-electron chi connectivity index (χ0n) is 7.87. The van der Waals surface area contributed by atoms with E-state index in [9.17, 15) is 8.42 Å². The molecule has 0 aromatic carbocycles. The molecule has 3 nitrogen and oxygen atoms in total. The van der Waals surface area contributed by atoms with Crippen LogP contribution < -0.4 is 0 Å². The summed E-state index contributed by atoms with van der Waals surface area (Å²) in [6.45, 7) is 4.26. The summed E-state index contributed by atoms with van der Waals surface area (Å²) in [5, 5.41) is 0. The van der Waals surface area contributed by atoms with Crippen LogP contribution in [0.1, 0.15) is 6.92 Å². The van der Waals surface area contributed by atoms with Crippen LogP contribution in [0.5, 0.6) is 0 Å². The SMILES string of the molecule is C[C@@H]1CN(CCCl)CCS(=O)(=O)C1. The van der Waals surface area contributed by atoms with Crippen molar-refractivity contribution < 1.29 is 8.42 Å². The van der Waals surface area contributed by atoms with Gasteiger partial charge < -0.3 is 4.90 Å². The third-order valence-electron chi connectivity index (χ3n) is 2.23. The molecule has 5 heteroatoms. The van der Waals surface area contributed by atoms with E-state index in [1.807, 2.05) is 6.92 Å². The molecule has 0 amide bonds. The zero-order chi connectivity index (χ0) is 9.90. The van der Waals surface area contributed by atoms with E-state index >= 15 is 0 Å². The summed E-state index contributed by atoms with van der Waals surface area (Å²) < 4.78 is 22.7. The maximum absolute atomic E-state index is 11.4. The van der Waals surface area contributed by atoms with E-state index in [1.54, 1.807) is 0 Å². The average Bonchev–Trinajstić information content (AvgIpc) is 2.10. The van der Waals surface area contributed by atoms with Crippen molar-refractivity contribution in [3.05, 3.63) is 0 Å². The maximum atomic E-state index is 11.4. The third-order valence-corrected chi connectivity index (χ3v) is 4.28. The minimum atomic E-state index is -2.80. The lowest BCUT2D eigenvalue weighted by Gasteiger charge is -2.19. The van der Waals surface area contributed by atoms with Crippen LogP contribution in [0.15, 0.2) is 0 Å². The molecule has 0 radical (unpaired) electrons. The lowest BCUT2D eigenvalue weighted by molar-refractivity contribution is 0.280. The van der Waals surface area contributed by atoms with Crippen molar-refractivity contribution in [1.29, 1.82) is 0 Å². The monoisotopic (exact) mass is 225 g/mol. The molecular formula is C8H16ClNO2S. The van der Waals surface area contributed by atoms with Gasteiger partial charge in [-0.1, -0.05) is 6.92 Å². The van der Waals surface area contributed by atoms with Crippen molar-refractivity contribution in [2.75, 3.05) is 37.0 Å². The summed E-state index contributed by atoms with van der Waals surface area (Å²) >= 11 is 5.62. The number of rotatable bonds is 2. The Balaban J connectivity index is 2.58. The van der Waals surface area contributed by atoms with E-state index in [0.717, 1.165) is 13.1 Å². The fraction of sp³-hybridized carbons (Fsp3) is 1.00. The summed E-state index contributed by atoms with van der Waals surface area (Å²) in [6.07, 6.45) is 0. The van der Waals surface area contributed by atoms with E-state index in [0.29, 0.717) is 18.2 Å². The Morgan fingerprint density at radius 3 is 2.85 bits per heavy atom. The van der Waals surface area contributed by atoms with Gasteiger partial charge in [0.25, 0.3) is 0 Å². The largest absolute Gasteiger partial charge is 0.301 e. The summed E-state index contributed by atoms with van der Waals surface area (Å²) in [5.74, 6) is 1.42. The molecule has 0 bridgehead atoms. The van der Waals surface area contributed by atoms with Crippen LogP contribution in [0, 0.1) is 5.92 Å². The molecule has 1 fully saturated rings. The molecule has 0 spiro atoms. The first kappa shape index (κ1) is 11.3. The van der Waals surface area contributed by atoms with Crippen LogP contribution in [0.25, 0.3) is 0 Å². The fourth-order valence-corrected chi connectivity index (χ4v) is 3.61. The van der Waals surface area contributed by atoms with Crippen molar-refractivity contribution in [2.24, 2.45) is 5.92 Å². The van der Waals surface area contributed by atoms with Gasteiger partial charge in [-0.25, -0.2) is 8.42 Å². The van der Waals surface area contributed by atoms with Crippen molar-refractivity contribution in [1.82, 2.24) is 4.90 Å². The molecule has 0 saturated carbocycles. The third kappa shape index (κ3) is 3.83. The van der Waals surface area contributed by atoms with E-state index in [1.165, 1.54) is 0 Å². The number of alkyl halides is 1. The lowest BCUT2D eigenvalue weighted by Crippen LogP contribution is -2.30. The van der Waals surface area contributed by atoms with Gasteiger partial charge in [0.2, 0.25) is 0 Å². The van der Waals surface area contributed by atoms with Gasteiger partial charge in [-0.2, -0.15) is 0 Å². The van der Waals surface area contributed by atoms with Crippen LogP contribution in [-0.4, -0.2) is 50.3 Å². The van der Waals surface area contributed by atoms with E-state index in [-0.39, 0.29) is 11.7 Å². The Morgan fingerprint density at radius 1 is 1.54 bits per heavy atom. The molecule has 78 valence electrons. The van der Waals surface area contributed by atoms with Gasteiger partial charge in [0.05, 0.1) is 11.5 Å². The topological polar surface area (TPSA) is 37.4 Å². The summed E-state index contributed by atoms with van der Waals surface area (Å²) in [7, 11) is -2.80. The van der Waals surface area contributed by atoms with Gasteiger partial charge in [0.1, 0.15) is 0 Å². The number of sulfone groups is 1. The number of nitrogens with zero attached hydrogens (tertiary/aromatic N) is 1. The molecule has 1 heterocycles. The Morgan fingerprint density at radius 2 is 2.23 bits per heavy atom. The lowest BCUT2D eigenvalue weighted by atomic mass is 10.2. The average molecular weight is 226 g/mol. The first-order valence-electron chi connectivity index (χ1n) is 4.52. The van der Waals surface area contributed by atoms with Gasteiger partial charge in [-0.05, 0) is 5.92 Å². The highest BCUT2D eigenvalue weighted by atomic mass is 35.5. The zero-order valence-corrected chi connectivity index (χ0v) is 9.44. The van der Waals surface area contributed by atoms with Gasteiger partial charge in [0.15, 0.2) is 9.84 Å². The predicted molar refractivity (Wildman–Crippen MR) is 55.0 cm³/mol. The minimum Gasteiger partial charge on any atom is -0.301 e. The van der Waals surface area contributed by atoms with Crippen molar-refractivity contribution in [3.8, 4) is 0 Å². The molecule has 1 saturated heterocycles. The summed E-state index contributed by atoms with van der Waals surface area (Å²) in [5.41, 5.74) is 0. The Hall–Kier alpha value is 0.200. The van der Waals surface area contributed by atoms with Crippen LogP contribution in [0.4, 0.5) is 0 Å². The standard InChI is InChI=1S/C8H16ClNO2S/c1-8-6-10(3-2-9)4-5-13(11,12)7-8/h8H,2-7H2,1H3/t8-/m1/s1. The van der Waals surface area contributed by atoms with Gasteiger partial charge >= 0.3 is 0 Å². The highest BCUT2D eigenvalue weighted by molar-refractivity contribution is 7.91. The smallest absolute Gasteiger partial charge is 0.151 e. The van der Waals surface area contributed by atoms with E-state index in [2.05, 4.69) is 4.90 Å². The van der Waals surface area contributed by atoms with E-state index < -0.39 is 9.84 Å². The molecule has 1 aliphatic rings. The molecule has 0 aliphatic carbocycles. The second-order valence-electron chi connectivity index (χ2n) is 3.71. The number of hydrogen-bond acceptors (Lipinski definition) is 3. The molecule has 0 N–H and O–H groups in total. The molecule has 1 atom stereocenters. The van der Waals surface area contributed by atoms with Crippen LogP contribution in [0.3, 0.4) is 0 Å². The molecule has 1 rings (SSSR count). The van der Waals surface area contributed by atoms with Crippen molar-refractivity contribution in [2.45, 2.75) is 6.92 Å². The fourth-order valence-electron chi connectivity index (χ4n) is 1.69. The molecule has 0 aromatic rings. The molecule has 0 aromatic heterocycles. The summed E-state index contributed by atoms with van der Waals surface area (Å²) in [4.78, 5) is 2.13. The second-order valence-corrected chi connectivity index (χ2v) is 6.32. The van der Waals surface area contributed by atoms with Crippen LogP contribution in [-0.2, 0) is 9.84 Å². The molecule has 1 aliphatic heterocycles. The highest BCUT2D eigenvalue weighted by Crippen LogP contribution is 2.10. The highest BCUT2D eigenvalue weighted by Gasteiger charge is 2.23. The summed E-state index contributed by atoms with van der Waals surface area (Å²) in [6, 6.07) is 0. The maximum Gasteiger partial charge on any atom is 0.151 e. The van der Waals surface area contributed by atoms with Crippen LogP contribution in [0.2, 0.25) is 0 Å². The van der Waals surface area contributed by atoms with Gasteiger partial charge in [-0.3, -0.25) is 0 Å². The van der Waals surface area contributed by atoms with Gasteiger partial charge in [-0.15, -0.1) is 11.6 Å². The van der Waals surface area contributed by atoms with Gasteiger partial charge in [0, 0.05) is 25.5 Å². The molecule has 13 heavy (non-hydrogen) atoms. The predicted octanol–water partition coefficient (Wildman–Crippen LogP) is 0.592. The van der Waals surface area contributed by atoms with Crippen molar-refractivity contribution >= 4 is 21.4 Å². The number of halogens is 1. The Labute approximate surface area is 85.0 Å². The quantitative estimate of drug-likeness (QED) is 0.646. The number of hydrogen-bond donors (Lipinski definition) is 0. The Bertz CT molecular complexity index is 253. The Kier molecular flexibility index (Phi) is 4.01. The first-order valence-corrected chi connectivity index (χ1v) is 6.88. The first-order chi connectivity index (χ1) is 6.03. The molecule has 0 unspecified atom stereocenters. The normalized spacial score (nSPS) is 29.8. The van der Waals surface area contributed by atoms with E-state index in [4.69, 9.17) is 11.6 Å². The van der Waals surface area contributed by atoms with Crippen LogP contribution >= 0.6 is 11.6 Å². The molecular weight excluding hydrogens is 210 g/mol. The minimum absolute atomic E-state index is 0.232. The second kappa shape index (κ2) is 4.62. The van der Waals surface area contributed by atoms with Crippen molar-refractivity contribution in [3.63, 3.8) is 0 Å².